The van der Waals surface area contributed by atoms with Crippen LogP contribution in [0.25, 0.3) is 0 Å². The number of hydrogen-bond acceptors (Lipinski definition) is 5. The first-order valence-corrected chi connectivity index (χ1v) is 11.7. The molecular formula is C29H25N3O5. The van der Waals surface area contributed by atoms with Gasteiger partial charge in [-0.15, -0.1) is 6.42 Å². The number of imide groups is 1. The molecule has 0 aliphatic carbocycles. The number of anilines is 1. The van der Waals surface area contributed by atoms with Crippen LogP contribution in [0.4, 0.5) is 5.69 Å². The van der Waals surface area contributed by atoms with Crippen molar-refractivity contribution >= 4 is 29.3 Å². The first kappa shape index (κ1) is 25.2. The van der Waals surface area contributed by atoms with E-state index >= 15 is 0 Å². The Bertz CT molecular complexity index is 1400. The highest BCUT2D eigenvalue weighted by Crippen LogP contribution is 2.28. The van der Waals surface area contributed by atoms with Gasteiger partial charge in [-0.2, -0.15) is 0 Å². The fourth-order valence-electron chi connectivity index (χ4n) is 4.10. The van der Waals surface area contributed by atoms with Crippen LogP contribution in [0.1, 0.15) is 49.1 Å². The fourth-order valence-corrected chi connectivity index (χ4v) is 4.10. The second-order valence-electron chi connectivity index (χ2n) is 8.26. The molecule has 0 bridgehead atoms. The van der Waals surface area contributed by atoms with Gasteiger partial charge in [-0.05, 0) is 55.0 Å². The number of nitrogens with zero attached hydrogens (tertiary/aromatic N) is 2. The summed E-state index contributed by atoms with van der Waals surface area (Å²) in [4.78, 5) is 54.3. The molecule has 0 saturated carbocycles. The molecule has 0 spiro atoms. The fraction of sp³-hybridized carbons (Fsp3) is 0.172. The SMILES string of the molecule is C#Cc1cccc(N(CC(=O)NC)C(=O)c2cc(CN3C(=O)c4ccccc4C3=O)ccc2OCC)c1. The molecule has 0 radical (unpaired) electrons. The number of likely N-dealkylation sites (N-methyl/N-ethyl adjacent to an activating group) is 1. The van der Waals surface area contributed by atoms with Crippen LogP contribution in [-0.2, 0) is 11.3 Å². The van der Waals surface area contributed by atoms with Crippen LogP contribution < -0.4 is 15.0 Å². The molecule has 186 valence electrons. The summed E-state index contributed by atoms with van der Waals surface area (Å²) >= 11 is 0. The lowest BCUT2D eigenvalue weighted by atomic mass is 10.1. The molecule has 0 unspecified atom stereocenters. The van der Waals surface area contributed by atoms with Gasteiger partial charge >= 0.3 is 0 Å². The highest BCUT2D eigenvalue weighted by molar-refractivity contribution is 6.21. The van der Waals surface area contributed by atoms with Crippen LogP contribution in [0.5, 0.6) is 5.75 Å². The van der Waals surface area contributed by atoms with Gasteiger partial charge in [0.05, 0.1) is 29.8 Å². The maximum absolute atomic E-state index is 13.9. The lowest BCUT2D eigenvalue weighted by Gasteiger charge is -2.24. The maximum Gasteiger partial charge on any atom is 0.262 e. The molecule has 0 aromatic heterocycles. The van der Waals surface area contributed by atoms with Gasteiger partial charge in [0.25, 0.3) is 17.7 Å². The Morgan fingerprint density at radius 1 is 1.00 bits per heavy atom. The van der Waals surface area contributed by atoms with E-state index in [-0.39, 0.29) is 24.6 Å². The van der Waals surface area contributed by atoms with E-state index < -0.39 is 17.7 Å². The van der Waals surface area contributed by atoms with Crippen LogP contribution >= 0.6 is 0 Å². The number of amides is 4. The Morgan fingerprint density at radius 2 is 1.70 bits per heavy atom. The molecule has 0 fully saturated rings. The number of ether oxygens (including phenoxy) is 1. The van der Waals surface area contributed by atoms with Gasteiger partial charge in [-0.1, -0.05) is 30.2 Å². The average molecular weight is 496 g/mol. The van der Waals surface area contributed by atoms with Gasteiger partial charge in [0, 0.05) is 18.3 Å². The van der Waals surface area contributed by atoms with E-state index in [1.807, 2.05) is 0 Å². The number of fused-ring (bicyclic) bond motifs is 1. The standard InChI is InChI=1S/C29H25N3O5/c1-4-19-9-8-10-21(15-19)31(18-26(33)30-3)29(36)24-16-20(13-14-25(24)37-5-2)17-32-27(34)22-11-6-7-12-23(22)28(32)35/h1,6-16H,5,17-18H2,2-3H3,(H,30,33). The van der Waals surface area contributed by atoms with Gasteiger partial charge in [0.15, 0.2) is 0 Å². The van der Waals surface area contributed by atoms with Crippen LogP contribution in [0.2, 0.25) is 0 Å². The Balaban J connectivity index is 1.71. The second-order valence-corrected chi connectivity index (χ2v) is 8.26. The number of carbonyl (C=O) groups is 4. The molecule has 8 heteroatoms. The van der Waals surface area contributed by atoms with E-state index in [1.165, 1.54) is 11.9 Å². The van der Waals surface area contributed by atoms with Gasteiger partial charge in [0.1, 0.15) is 12.3 Å². The highest BCUT2D eigenvalue weighted by Gasteiger charge is 2.35. The number of hydrogen-bond donors (Lipinski definition) is 1. The minimum absolute atomic E-state index is 0.0267. The van der Waals surface area contributed by atoms with Gasteiger partial charge < -0.3 is 10.1 Å². The highest BCUT2D eigenvalue weighted by atomic mass is 16.5. The van der Waals surface area contributed by atoms with Crippen LogP contribution in [0.15, 0.2) is 66.7 Å². The molecule has 4 rings (SSSR count). The van der Waals surface area contributed by atoms with Crippen molar-refractivity contribution in [3.8, 4) is 18.1 Å². The van der Waals surface area contributed by atoms with E-state index in [0.717, 1.165) is 4.90 Å². The minimum atomic E-state index is -0.495. The molecule has 1 heterocycles. The van der Waals surface area contributed by atoms with Crippen molar-refractivity contribution in [3.05, 3.63) is 94.5 Å². The third-order valence-electron chi connectivity index (χ3n) is 5.94. The van der Waals surface area contributed by atoms with Gasteiger partial charge in [-0.3, -0.25) is 29.0 Å². The average Bonchev–Trinajstić information content (AvgIpc) is 3.17. The largest absolute Gasteiger partial charge is 0.493 e. The second kappa shape index (κ2) is 10.8. The first-order chi connectivity index (χ1) is 17.9. The smallest absolute Gasteiger partial charge is 0.262 e. The van der Waals surface area contributed by atoms with E-state index in [2.05, 4.69) is 11.2 Å². The summed E-state index contributed by atoms with van der Waals surface area (Å²) in [5.74, 6) is 1.19. The van der Waals surface area contributed by atoms with Gasteiger partial charge in [-0.25, -0.2) is 0 Å². The Morgan fingerprint density at radius 3 is 2.32 bits per heavy atom. The van der Waals surface area contributed by atoms with E-state index in [9.17, 15) is 19.2 Å². The summed E-state index contributed by atoms with van der Waals surface area (Å²) in [5, 5.41) is 2.53. The number of benzene rings is 3. The molecule has 0 saturated heterocycles. The maximum atomic E-state index is 13.9. The molecule has 8 nitrogen and oxygen atoms in total. The normalized spacial score (nSPS) is 12.1. The Labute approximate surface area is 214 Å². The van der Waals surface area contributed by atoms with Crippen molar-refractivity contribution in [2.45, 2.75) is 13.5 Å². The van der Waals surface area contributed by atoms with Crippen LogP contribution in [0.3, 0.4) is 0 Å². The molecule has 4 amide bonds. The molecule has 1 aliphatic heterocycles. The molecule has 37 heavy (non-hydrogen) atoms. The number of nitrogens with one attached hydrogen (secondary N) is 1. The summed E-state index contributed by atoms with van der Waals surface area (Å²) in [6.07, 6.45) is 5.54. The number of rotatable bonds is 8. The monoisotopic (exact) mass is 495 g/mol. The zero-order valence-electron chi connectivity index (χ0n) is 20.5. The topological polar surface area (TPSA) is 96.0 Å². The van der Waals surface area contributed by atoms with Crippen molar-refractivity contribution in [2.75, 3.05) is 25.1 Å². The third-order valence-corrected chi connectivity index (χ3v) is 5.94. The quantitative estimate of drug-likeness (QED) is 0.382. The third kappa shape index (κ3) is 5.07. The van der Waals surface area contributed by atoms with Crippen molar-refractivity contribution in [3.63, 3.8) is 0 Å². The van der Waals surface area contributed by atoms with Crippen LogP contribution in [-0.4, -0.2) is 48.7 Å². The lowest BCUT2D eigenvalue weighted by Crippen LogP contribution is -2.40. The molecule has 0 atom stereocenters. The number of carbonyl (C=O) groups excluding carboxylic acids is 4. The first-order valence-electron chi connectivity index (χ1n) is 11.7. The molecular weight excluding hydrogens is 470 g/mol. The predicted molar refractivity (Wildman–Crippen MR) is 138 cm³/mol. The van der Waals surface area contributed by atoms with E-state index in [1.54, 1.807) is 73.7 Å². The summed E-state index contributed by atoms with van der Waals surface area (Å²) in [7, 11) is 1.48. The Hall–Kier alpha value is -4.90. The zero-order valence-corrected chi connectivity index (χ0v) is 20.5. The number of terminal acetylenes is 1. The molecule has 3 aromatic rings. The van der Waals surface area contributed by atoms with E-state index in [4.69, 9.17) is 11.2 Å². The summed E-state index contributed by atoms with van der Waals surface area (Å²) < 4.78 is 5.71. The zero-order chi connectivity index (χ0) is 26.5. The van der Waals surface area contributed by atoms with Crippen LogP contribution in [0, 0.1) is 12.3 Å². The van der Waals surface area contributed by atoms with Crippen molar-refractivity contribution in [1.82, 2.24) is 10.2 Å². The Kier molecular flexibility index (Phi) is 7.35. The van der Waals surface area contributed by atoms with Crippen molar-refractivity contribution < 1.29 is 23.9 Å². The lowest BCUT2D eigenvalue weighted by molar-refractivity contribution is -0.119. The molecule has 1 N–H and O–H groups in total. The summed E-state index contributed by atoms with van der Waals surface area (Å²) in [6, 6.07) is 18.3. The summed E-state index contributed by atoms with van der Waals surface area (Å²) in [6.45, 7) is 1.82. The van der Waals surface area contributed by atoms with Crippen molar-refractivity contribution in [2.24, 2.45) is 0 Å². The summed E-state index contributed by atoms with van der Waals surface area (Å²) in [5.41, 5.74) is 2.43. The molecule has 1 aliphatic rings. The van der Waals surface area contributed by atoms with E-state index in [0.29, 0.717) is 40.3 Å². The minimum Gasteiger partial charge on any atom is -0.493 e. The predicted octanol–water partition coefficient (Wildman–Crippen LogP) is 3.26. The van der Waals surface area contributed by atoms with Crippen molar-refractivity contribution in [1.29, 1.82) is 0 Å². The van der Waals surface area contributed by atoms with Gasteiger partial charge in [0.2, 0.25) is 5.91 Å². The molecule has 3 aromatic carbocycles.